The number of carboxylic acids is 1. The molecule has 0 aromatic heterocycles. The van der Waals surface area contributed by atoms with E-state index in [4.69, 9.17) is 14.6 Å². The minimum absolute atomic E-state index is 0.250. The average molecular weight is 420 g/mol. The summed E-state index contributed by atoms with van der Waals surface area (Å²) >= 11 is 1.07. The summed E-state index contributed by atoms with van der Waals surface area (Å²) < 4.78 is 11.2. The van der Waals surface area contributed by atoms with Crippen molar-refractivity contribution in [3.63, 3.8) is 0 Å². The number of aliphatic carboxylic acids is 1. The van der Waals surface area contributed by atoms with Crippen molar-refractivity contribution < 1.29 is 24.2 Å². The number of para-hydroxylation sites is 1. The Labute approximate surface area is 173 Å². The minimum Gasteiger partial charge on any atom is -0.493 e. The number of benzene rings is 1. The zero-order chi connectivity index (χ0) is 20.5. The molecule has 2 fully saturated rings. The molecule has 2 heterocycles. The second-order valence-corrected chi connectivity index (χ2v) is 7.73. The van der Waals surface area contributed by atoms with E-state index in [1.807, 2.05) is 24.3 Å². The van der Waals surface area contributed by atoms with Crippen LogP contribution >= 0.6 is 11.8 Å². The maximum atomic E-state index is 11.7. The molecule has 0 radical (unpaired) electrons. The number of amides is 1. The molecular formula is C19H24N4O5S. The lowest BCUT2D eigenvalue weighted by molar-refractivity contribution is -0.138. The van der Waals surface area contributed by atoms with Crippen molar-refractivity contribution in [2.45, 2.75) is 18.1 Å². The maximum Gasteiger partial charge on any atom is 0.305 e. The van der Waals surface area contributed by atoms with E-state index in [0.717, 1.165) is 56.6 Å². The summed E-state index contributed by atoms with van der Waals surface area (Å²) in [6, 6.07) is 7.51. The monoisotopic (exact) mass is 420 g/mol. The van der Waals surface area contributed by atoms with Crippen LogP contribution in [0.5, 0.6) is 5.75 Å². The van der Waals surface area contributed by atoms with Crippen LogP contribution in [-0.2, 0) is 14.3 Å². The Hall–Kier alpha value is -2.43. The van der Waals surface area contributed by atoms with Gasteiger partial charge in [-0.3, -0.25) is 14.5 Å². The number of nitrogens with zero attached hydrogens (tertiary/aromatic N) is 3. The van der Waals surface area contributed by atoms with Gasteiger partial charge >= 0.3 is 5.97 Å². The standard InChI is InChI=1S/C19H24N4O5S/c24-17(25)12-16-18(26)21-19(29-16)22-20-13-14-4-1-2-5-15(14)28-9-3-6-23-7-10-27-11-8-23/h1-2,4-5,13,16H,3,6-12H2,(H,24,25)(H,21,22,26). The van der Waals surface area contributed by atoms with Crippen LogP contribution in [0.1, 0.15) is 18.4 Å². The Morgan fingerprint density at radius 3 is 2.97 bits per heavy atom. The van der Waals surface area contributed by atoms with Gasteiger partial charge in [-0.05, 0) is 18.6 Å². The zero-order valence-electron chi connectivity index (χ0n) is 16.0. The van der Waals surface area contributed by atoms with Gasteiger partial charge in [-0.1, -0.05) is 23.9 Å². The van der Waals surface area contributed by atoms with Crippen molar-refractivity contribution in [3.05, 3.63) is 29.8 Å². The molecule has 1 unspecified atom stereocenters. The van der Waals surface area contributed by atoms with Gasteiger partial charge in [0.1, 0.15) is 11.0 Å². The molecule has 0 bridgehead atoms. The molecule has 2 aliphatic heterocycles. The van der Waals surface area contributed by atoms with Crippen LogP contribution in [0.15, 0.2) is 34.5 Å². The number of carboxylic acid groups (broad SMARTS) is 1. The van der Waals surface area contributed by atoms with E-state index in [-0.39, 0.29) is 12.3 Å². The van der Waals surface area contributed by atoms with E-state index in [9.17, 15) is 9.59 Å². The first-order valence-corrected chi connectivity index (χ1v) is 10.3. The number of hydrogen-bond donors (Lipinski definition) is 2. The van der Waals surface area contributed by atoms with Gasteiger partial charge in [0, 0.05) is 25.2 Å². The normalized spacial score (nSPS) is 21.6. The van der Waals surface area contributed by atoms with Crippen molar-refractivity contribution in [2.24, 2.45) is 10.2 Å². The quantitative estimate of drug-likeness (QED) is 0.350. The van der Waals surface area contributed by atoms with Crippen molar-refractivity contribution in [1.29, 1.82) is 0 Å². The molecule has 10 heteroatoms. The largest absolute Gasteiger partial charge is 0.493 e. The Morgan fingerprint density at radius 1 is 1.38 bits per heavy atom. The predicted molar refractivity (Wildman–Crippen MR) is 111 cm³/mol. The summed E-state index contributed by atoms with van der Waals surface area (Å²) in [6.45, 7) is 5.08. The highest BCUT2D eigenvalue weighted by molar-refractivity contribution is 8.15. The molecule has 156 valence electrons. The fourth-order valence-electron chi connectivity index (χ4n) is 2.90. The Kier molecular flexibility index (Phi) is 8.03. The molecule has 1 aromatic rings. The second kappa shape index (κ2) is 10.9. The van der Waals surface area contributed by atoms with Crippen molar-refractivity contribution in [2.75, 3.05) is 39.5 Å². The lowest BCUT2D eigenvalue weighted by Gasteiger charge is -2.26. The fraction of sp³-hybridized carbons (Fsp3) is 0.474. The summed E-state index contributed by atoms with van der Waals surface area (Å²) in [6.07, 6.45) is 2.23. The van der Waals surface area contributed by atoms with Crippen LogP contribution in [0.3, 0.4) is 0 Å². The topological polar surface area (TPSA) is 113 Å². The third-order valence-corrected chi connectivity index (χ3v) is 5.45. The first-order valence-electron chi connectivity index (χ1n) is 9.44. The number of rotatable bonds is 9. The van der Waals surface area contributed by atoms with Gasteiger partial charge in [0.2, 0.25) is 5.91 Å². The highest BCUT2D eigenvalue weighted by Crippen LogP contribution is 2.22. The van der Waals surface area contributed by atoms with Crippen LogP contribution in [0.4, 0.5) is 0 Å². The number of morpholine rings is 1. The molecule has 2 saturated heterocycles. The third kappa shape index (κ3) is 6.84. The van der Waals surface area contributed by atoms with Crippen molar-refractivity contribution >= 4 is 35.0 Å². The average Bonchev–Trinajstić information content (AvgIpc) is 3.05. The van der Waals surface area contributed by atoms with E-state index < -0.39 is 11.2 Å². The molecule has 1 aromatic carbocycles. The molecule has 9 nitrogen and oxygen atoms in total. The molecule has 0 spiro atoms. The summed E-state index contributed by atoms with van der Waals surface area (Å²) in [5, 5.41) is 18.9. The molecule has 0 saturated carbocycles. The number of ether oxygens (including phenoxy) is 2. The second-order valence-electron chi connectivity index (χ2n) is 6.54. The third-order valence-electron chi connectivity index (χ3n) is 4.38. The maximum absolute atomic E-state index is 11.7. The molecule has 1 atom stereocenters. The zero-order valence-corrected chi connectivity index (χ0v) is 16.8. The number of thioether (sulfide) groups is 1. The van der Waals surface area contributed by atoms with Crippen LogP contribution in [0.2, 0.25) is 0 Å². The van der Waals surface area contributed by atoms with Gasteiger partial charge in [-0.2, -0.15) is 5.10 Å². The van der Waals surface area contributed by atoms with Gasteiger partial charge in [-0.15, -0.1) is 5.10 Å². The summed E-state index contributed by atoms with van der Waals surface area (Å²) in [5.74, 6) is -0.678. The highest BCUT2D eigenvalue weighted by Gasteiger charge is 2.32. The lowest BCUT2D eigenvalue weighted by atomic mass is 10.2. The van der Waals surface area contributed by atoms with Crippen LogP contribution in [-0.4, -0.2) is 78.0 Å². The van der Waals surface area contributed by atoms with Crippen LogP contribution in [0, 0.1) is 0 Å². The smallest absolute Gasteiger partial charge is 0.305 e. The number of nitrogens with one attached hydrogen (secondary N) is 1. The van der Waals surface area contributed by atoms with Crippen LogP contribution < -0.4 is 10.1 Å². The predicted octanol–water partition coefficient (Wildman–Crippen LogP) is 1.18. The SMILES string of the molecule is O=C(O)CC1SC(=NN=Cc2ccccc2OCCCN2CCOCC2)NC1=O. The molecule has 2 aliphatic rings. The molecular weight excluding hydrogens is 396 g/mol. The molecule has 1 amide bonds. The van der Waals surface area contributed by atoms with Gasteiger partial charge in [0.15, 0.2) is 5.17 Å². The number of carbonyl (C=O) groups excluding carboxylic acids is 1. The summed E-state index contributed by atoms with van der Waals surface area (Å²) in [4.78, 5) is 24.8. The van der Waals surface area contributed by atoms with Gasteiger partial charge in [0.05, 0.1) is 32.5 Å². The van der Waals surface area contributed by atoms with Crippen molar-refractivity contribution in [1.82, 2.24) is 10.2 Å². The molecule has 29 heavy (non-hydrogen) atoms. The molecule has 0 aliphatic carbocycles. The van der Waals surface area contributed by atoms with E-state index in [0.29, 0.717) is 17.5 Å². The summed E-state index contributed by atoms with van der Waals surface area (Å²) in [7, 11) is 0. The van der Waals surface area contributed by atoms with E-state index >= 15 is 0 Å². The molecule has 2 N–H and O–H groups in total. The number of carbonyl (C=O) groups is 2. The lowest BCUT2D eigenvalue weighted by Crippen LogP contribution is -2.37. The minimum atomic E-state index is -1.03. The van der Waals surface area contributed by atoms with Crippen molar-refractivity contribution in [3.8, 4) is 5.75 Å². The Bertz CT molecular complexity index is 780. The number of hydrogen-bond acceptors (Lipinski definition) is 8. The summed E-state index contributed by atoms with van der Waals surface area (Å²) in [5.41, 5.74) is 0.777. The molecule has 3 rings (SSSR count). The van der Waals surface area contributed by atoms with E-state index in [1.165, 1.54) is 0 Å². The highest BCUT2D eigenvalue weighted by atomic mass is 32.2. The first-order chi connectivity index (χ1) is 14.1. The Morgan fingerprint density at radius 2 is 2.17 bits per heavy atom. The fourth-order valence-corrected chi connectivity index (χ4v) is 3.82. The van der Waals surface area contributed by atoms with E-state index in [2.05, 4.69) is 20.4 Å². The van der Waals surface area contributed by atoms with Gasteiger partial charge in [-0.25, -0.2) is 0 Å². The Balaban J connectivity index is 1.49. The van der Waals surface area contributed by atoms with Crippen LogP contribution in [0.25, 0.3) is 0 Å². The van der Waals surface area contributed by atoms with Gasteiger partial charge < -0.3 is 19.9 Å². The van der Waals surface area contributed by atoms with Gasteiger partial charge in [0.25, 0.3) is 0 Å². The van der Waals surface area contributed by atoms with E-state index in [1.54, 1.807) is 6.21 Å². The first kappa shape index (κ1) is 21.3. The number of amidine groups is 1.